The zero-order valence-corrected chi connectivity index (χ0v) is 9.92. The summed E-state index contributed by atoms with van der Waals surface area (Å²) in [7, 11) is 0. The van der Waals surface area contributed by atoms with Crippen LogP contribution in [0.1, 0.15) is 37.1 Å². The third-order valence-electron chi connectivity index (χ3n) is 2.86. The van der Waals surface area contributed by atoms with Gasteiger partial charge in [0.15, 0.2) is 0 Å². The van der Waals surface area contributed by atoms with Gasteiger partial charge in [0.2, 0.25) is 11.8 Å². The summed E-state index contributed by atoms with van der Waals surface area (Å²) in [5.41, 5.74) is 0. The Morgan fingerprint density at radius 3 is 3.00 bits per heavy atom. The van der Waals surface area contributed by atoms with Gasteiger partial charge in [0.05, 0.1) is 5.01 Å². The first-order valence-electron chi connectivity index (χ1n) is 5.45. The molecule has 2 heterocycles. The third-order valence-corrected chi connectivity index (χ3v) is 3.77. The highest BCUT2D eigenvalue weighted by atomic mass is 32.1. The average Bonchev–Trinajstić information content (AvgIpc) is 2.75. The second kappa shape index (κ2) is 4.74. The number of hydrogen-bond donors (Lipinski definition) is 1. The fourth-order valence-corrected chi connectivity index (χ4v) is 2.93. The lowest BCUT2D eigenvalue weighted by molar-refractivity contribution is -0.137. The van der Waals surface area contributed by atoms with Crippen molar-refractivity contribution >= 4 is 23.2 Å². The maximum Gasteiger partial charge on any atom is 0.230 e. The lowest BCUT2D eigenvalue weighted by Gasteiger charge is -2.28. The van der Waals surface area contributed by atoms with Crippen molar-refractivity contribution in [1.82, 2.24) is 10.3 Å². The zero-order chi connectivity index (χ0) is 11.5. The Hall–Kier alpha value is -1.23. The van der Waals surface area contributed by atoms with Crippen molar-refractivity contribution in [3.8, 4) is 0 Å². The number of amides is 2. The van der Waals surface area contributed by atoms with Crippen molar-refractivity contribution in [1.29, 1.82) is 0 Å². The molecule has 0 radical (unpaired) electrons. The second-order valence-corrected chi connectivity index (χ2v) is 4.91. The quantitative estimate of drug-likeness (QED) is 0.815. The van der Waals surface area contributed by atoms with E-state index in [1.165, 1.54) is 11.3 Å². The molecule has 1 aliphatic heterocycles. The Kier molecular flexibility index (Phi) is 3.33. The summed E-state index contributed by atoms with van der Waals surface area (Å²) in [6.45, 7) is 2.04. The maximum absolute atomic E-state index is 11.7. The van der Waals surface area contributed by atoms with E-state index in [0.717, 1.165) is 17.8 Å². The Bertz CT molecular complexity index is 389. The summed E-state index contributed by atoms with van der Waals surface area (Å²) >= 11 is 1.52. The number of hydrogen-bond acceptors (Lipinski definition) is 4. The van der Waals surface area contributed by atoms with Crippen LogP contribution in [-0.2, 0) is 9.59 Å². The van der Waals surface area contributed by atoms with Gasteiger partial charge < -0.3 is 0 Å². The lowest BCUT2D eigenvalue weighted by atomic mass is 9.83. The van der Waals surface area contributed by atoms with E-state index in [-0.39, 0.29) is 23.7 Å². The van der Waals surface area contributed by atoms with Crippen molar-refractivity contribution in [2.24, 2.45) is 5.92 Å². The lowest BCUT2D eigenvalue weighted by Crippen LogP contribution is -2.44. The van der Waals surface area contributed by atoms with Crippen molar-refractivity contribution in [3.05, 3.63) is 16.6 Å². The summed E-state index contributed by atoms with van der Waals surface area (Å²) in [4.78, 5) is 27.3. The number of rotatable bonds is 3. The van der Waals surface area contributed by atoms with Gasteiger partial charge in [-0.25, -0.2) is 4.98 Å². The molecule has 5 heteroatoms. The summed E-state index contributed by atoms with van der Waals surface area (Å²) in [6, 6.07) is 0. The van der Waals surface area contributed by atoms with Crippen molar-refractivity contribution in [2.45, 2.75) is 32.1 Å². The number of thiazole rings is 1. The monoisotopic (exact) mass is 238 g/mol. The number of carbonyl (C=O) groups is 2. The molecule has 1 saturated heterocycles. The average molecular weight is 238 g/mol. The van der Waals surface area contributed by atoms with Crippen LogP contribution in [-0.4, -0.2) is 16.8 Å². The Balaban J connectivity index is 2.24. The van der Waals surface area contributed by atoms with E-state index in [1.807, 2.05) is 12.3 Å². The Morgan fingerprint density at radius 2 is 2.38 bits per heavy atom. The molecule has 2 rings (SSSR count). The van der Waals surface area contributed by atoms with Gasteiger partial charge in [-0.05, 0) is 6.42 Å². The molecular weight excluding hydrogens is 224 g/mol. The maximum atomic E-state index is 11.7. The van der Waals surface area contributed by atoms with Crippen LogP contribution in [0.2, 0.25) is 0 Å². The standard InChI is InChI=1S/C11H14N2O2S/c1-2-3-7-8(11-12-4-5-16-11)6-9(14)13-10(7)15/h4-5,7-8H,2-3,6H2,1H3,(H,13,14,15). The zero-order valence-electron chi connectivity index (χ0n) is 9.10. The molecule has 1 N–H and O–H groups in total. The molecule has 1 fully saturated rings. The van der Waals surface area contributed by atoms with E-state index < -0.39 is 0 Å². The molecule has 4 nitrogen and oxygen atoms in total. The first-order chi connectivity index (χ1) is 7.72. The molecule has 1 aromatic rings. The van der Waals surface area contributed by atoms with Crippen LogP contribution in [0.25, 0.3) is 0 Å². The molecule has 0 aromatic carbocycles. The van der Waals surface area contributed by atoms with Gasteiger partial charge in [-0.2, -0.15) is 0 Å². The van der Waals surface area contributed by atoms with E-state index in [9.17, 15) is 9.59 Å². The smallest absolute Gasteiger partial charge is 0.230 e. The van der Waals surface area contributed by atoms with E-state index in [1.54, 1.807) is 6.20 Å². The van der Waals surface area contributed by atoms with E-state index in [0.29, 0.717) is 6.42 Å². The van der Waals surface area contributed by atoms with E-state index in [4.69, 9.17) is 0 Å². The molecule has 0 aliphatic carbocycles. The van der Waals surface area contributed by atoms with E-state index in [2.05, 4.69) is 10.3 Å². The molecule has 1 aromatic heterocycles. The molecule has 0 saturated carbocycles. The summed E-state index contributed by atoms with van der Waals surface area (Å²) in [6.07, 6.45) is 3.85. The van der Waals surface area contributed by atoms with Gasteiger partial charge in [-0.15, -0.1) is 11.3 Å². The fourth-order valence-electron chi connectivity index (χ4n) is 2.13. The predicted molar refractivity (Wildman–Crippen MR) is 61.0 cm³/mol. The number of nitrogens with one attached hydrogen (secondary N) is 1. The summed E-state index contributed by atoms with van der Waals surface area (Å²) in [5, 5.41) is 5.19. The first kappa shape index (κ1) is 11.3. The Labute approximate surface area is 98.1 Å². The van der Waals surface area contributed by atoms with Gasteiger partial charge in [0.1, 0.15) is 0 Å². The minimum absolute atomic E-state index is 0.0267. The van der Waals surface area contributed by atoms with Crippen LogP contribution < -0.4 is 5.32 Å². The van der Waals surface area contributed by atoms with Gasteiger partial charge in [-0.1, -0.05) is 13.3 Å². The van der Waals surface area contributed by atoms with E-state index >= 15 is 0 Å². The van der Waals surface area contributed by atoms with Crippen LogP contribution in [0.15, 0.2) is 11.6 Å². The molecule has 2 atom stereocenters. The molecule has 1 aliphatic rings. The molecule has 16 heavy (non-hydrogen) atoms. The normalized spacial score (nSPS) is 25.6. The topological polar surface area (TPSA) is 59.1 Å². The molecular formula is C11H14N2O2S. The number of nitrogens with zero attached hydrogens (tertiary/aromatic N) is 1. The van der Waals surface area contributed by atoms with Crippen LogP contribution in [0, 0.1) is 5.92 Å². The predicted octanol–water partition coefficient (Wildman–Crippen LogP) is 1.69. The minimum atomic E-state index is -0.183. The SMILES string of the molecule is CCCC1C(=O)NC(=O)CC1c1nccs1. The largest absolute Gasteiger partial charge is 0.296 e. The van der Waals surface area contributed by atoms with Gasteiger partial charge in [0, 0.05) is 29.8 Å². The number of piperidine rings is 1. The van der Waals surface area contributed by atoms with Crippen molar-refractivity contribution in [2.75, 3.05) is 0 Å². The number of aromatic nitrogens is 1. The molecule has 2 unspecified atom stereocenters. The fraction of sp³-hybridized carbons (Fsp3) is 0.545. The molecule has 86 valence electrons. The molecule has 2 amide bonds. The highest BCUT2D eigenvalue weighted by Gasteiger charge is 2.37. The number of imide groups is 1. The Morgan fingerprint density at radius 1 is 1.56 bits per heavy atom. The molecule has 0 bridgehead atoms. The van der Waals surface area contributed by atoms with Crippen LogP contribution in [0.3, 0.4) is 0 Å². The third kappa shape index (κ3) is 2.14. The number of carbonyl (C=O) groups excluding carboxylic acids is 2. The summed E-state index contributed by atoms with van der Waals surface area (Å²) < 4.78 is 0. The second-order valence-electron chi connectivity index (χ2n) is 3.99. The van der Waals surface area contributed by atoms with Crippen LogP contribution in [0.5, 0.6) is 0 Å². The highest BCUT2D eigenvalue weighted by molar-refractivity contribution is 7.09. The first-order valence-corrected chi connectivity index (χ1v) is 6.33. The molecule has 0 spiro atoms. The van der Waals surface area contributed by atoms with Crippen molar-refractivity contribution in [3.63, 3.8) is 0 Å². The van der Waals surface area contributed by atoms with Gasteiger partial charge >= 0.3 is 0 Å². The highest BCUT2D eigenvalue weighted by Crippen LogP contribution is 2.35. The van der Waals surface area contributed by atoms with Gasteiger partial charge in [-0.3, -0.25) is 14.9 Å². The van der Waals surface area contributed by atoms with Crippen LogP contribution >= 0.6 is 11.3 Å². The van der Waals surface area contributed by atoms with Crippen molar-refractivity contribution < 1.29 is 9.59 Å². The van der Waals surface area contributed by atoms with Crippen LogP contribution in [0.4, 0.5) is 0 Å². The minimum Gasteiger partial charge on any atom is -0.296 e. The van der Waals surface area contributed by atoms with Gasteiger partial charge in [0.25, 0.3) is 0 Å². The summed E-state index contributed by atoms with van der Waals surface area (Å²) in [5.74, 6) is -0.453.